The zero-order valence-corrected chi connectivity index (χ0v) is 26.3. The number of rotatable bonds is 4. The number of hydrogen-bond donors (Lipinski definition) is 0. The zero-order chi connectivity index (χ0) is 30.5. The molecule has 0 fully saturated rings. The minimum atomic E-state index is -1.63. The Bertz CT molecular complexity index is 1630. The summed E-state index contributed by atoms with van der Waals surface area (Å²) < 4.78 is 0. The van der Waals surface area contributed by atoms with E-state index in [0.29, 0.717) is 0 Å². The molecule has 262 valence electrons. The van der Waals surface area contributed by atoms with Crippen LogP contribution in [0.5, 0.6) is 0 Å². The number of benzene rings is 2. The van der Waals surface area contributed by atoms with Crippen molar-refractivity contribution in [1.29, 1.82) is 0 Å². The summed E-state index contributed by atoms with van der Waals surface area (Å²) in [6.07, 6.45) is 5.15. The Hall–Kier alpha value is -5.16. The summed E-state index contributed by atoms with van der Waals surface area (Å²) in [5.74, 6) is -6.50. The maximum absolute atomic E-state index is 9.28. The van der Waals surface area contributed by atoms with Crippen LogP contribution in [0.25, 0.3) is 43.6 Å². The number of carbonyl (C=O) groups is 4. The number of carbonyl (C=O) groups excluding carboxylic acids is 4. The molecule has 0 unspecified atom stereocenters. The summed E-state index contributed by atoms with van der Waals surface area (Å²) in [6, 6.07) is 24.3. The van der Waals surface area contributed by atoms with Crippen molar-refractivity contribution < 1.29 is 95.6 Å². The molecule has 48 heavy (non-hydrogen) atoms. The van der Waals surface area contributed by atoms with E-state index >= 15 is 0 Å². The van der Waals surface area contributed by atoms with Gasteiger partial charge >= 0.3 is 34.1 Å². The van der Waals surface area contributed by atoms with Crippen LogP contribution in [0.2, 0.25) is 0 Å². The summed E-state index contributed by atoms with van der Waals surface area (Å²) in [6.45, 7) is 0. The molecule has 0 saturated heterocycles. The second-order valence-electron chi connectivity index (χ2n) is 8.27. The van der Waals surface area contributed by atoms with Gasteiger partial charge in [-0.3, -0.25) is 19.9 Å². The van der Waals surface area contributed by atoms with Gasteiger partial charge in [-0.2, -0.15) is 0 Å². The Morgan fingerprint density at radius 1 is 0.417 bits per heavy atom. The van der Waals surface area contributed by atoms with Crippen molar-refractivity contribution in [3.05, 3.63) is 97.6 Å². The topological polar surface area (TPSA) is 341 Å². The molecule has 0 bridgehead atoms. The van der Waals surface area contributed by atoms with E-state index in [2.05, 4.69) is 68.5 Å². The number of nitrogens with zero attached hydrogens (tertiary/aromatic N) is 4. The molecule has 6 aromatic rings. The average molecular weight is 766 g/mol. The number of carboxylic acid groups (broad SMARTS) is 4. The van der Waals surface area contributed by atoms with Crippen LogP contribution in [0.4, 0.5) is 0 Å². The van der Waals surface area contributed by atoms with E-state index in [1.165, 1.54) is 0 Å². The Morgan fingerprint density at radius 2 is 0.604 bits per heavy atom. The molecule has 4 aromatic heterocycles. The molecule has 6 rings (SSSR count). The average Bonchev–Trinajstić information content (AvgIpc) is 2.97. The van der Waals surface area contributed by atoms with Crippen molar-refractivity contribution in [3.8, 4) is 0 Å². The fourth-order valence-electron chi connectivity index (χ4n) is 3.60. The predicted molar refractivity (Wildman–Crippen MR) is 160 cm³/mol. The summed E-state index contributed by atoms with van der Waals surface area (Å²) >= 11 is 0. The fourth-order valence-corrected chi connectivity index (χ4v) is 3.60. The van der Waals surface area contributed by atoms with Crippen molar-refractivity contribution in [1.82, 2.24) is 19.9 Å². The number of aromatic nitrogens is 4. The summed E-state index contributed by atoms with van der Waals surface area (Å²) in [5, 5.41) is 41.7. The molecule has 0 aliphatic heterocycles. The maximum Gasteiger partial charge on any atom is 2.00 e. The van der Waals surface area contributed by atoms with E-state index < -0.39 is 36.7 Å². The first-order valence-corrected chi connectivity index (χ1v) is 12.1. The number of carboxylic acids is 4. The first kappa shape index (κ1) is 49.7. The first-order valence-electron chi connectivity index (χ1n) is 12.1. The number of hydrogen-bond acceptors (Lipinski definition) is 12. The second-order valence-corrected chi connectivity index (χ2v) is 8.27. The van der Waals surface area contributed by atoms with Gasteiger partial charge in [0.1, 0.15) is 0 Å². The first-order chi connectivity index (χ1) is 20.2. The largest absolute Gasteiger partial charge is 2.00 e. The quantitative estimate of drug-likeness (QED) is 0.0714. The van der Waals surface area contributed by atoms with Crippen molar-refractivity contribution >= 4 is 67.5 Å². The third-order valence-electron chi connectivity index (χ3n) is 5.27. The third kappa shape index (κ3) is 15.4. The van der Waals surface area contributed by atoms with Gasteiger partial charge in [0.2, 0.25) is 0 Å². The van der Waals surface area contributed by atoms with E-state index in [-0.39, 0.29) is 56.0 Å². The Labute approximate surface area is 292 Å². The molecule has 0 atom stereocenters. The van der Waals surface area contributed by atoms with Gasteiger partial charge < -0.3 is 61.5 Å². The Balaban J connectivity index is -0.000000271. The van der Waals surface area contributed by atoms with Crippen LogP contribution in [0, 0.1) is 0 Å². The monoisotopic (exact) mass is 764 g/mol. The van der Waals surface area contributed by atoms with Gasteiger partial charge in [0, 0.05) is 83.1 Å². The van der Waals surface area contributed by atoms with Crippen LogP contribution in [0.3, 0.4) is 0 Å². The number of pyridine rings is 4. The van der Waals surface area contributed by atoms with Gasteiger partial charge in [0.25, 0.3) is 0 Å². The molecule has 2 aromatic carbocycles. The SMILES string of the molecule is O.O.O=C([O-])CC(=O)[O-].O=C([O-])CC(=O)[O-].[Cu+2].[Cu+2].[OH3+].[OH3+].c1cnc2c(c1)ccc1cccnc12.c1cnc2c(c1)ccc1cccnc12. The van der Waals surface area contributed by atoms with Gasteiger partial charge in [-0.15, -0.1) is 0 Å². The van der Waals surface area contributed by atoms with Gasteiger partial charge in [-0.1, -0.05) is 48.5 Å². The van der Waals surface area contributed by atoms with Crippen molar-refractivity contribution in [2.45, 2.75) is 12.8 Å². The van der Waals surface area contributed by atoms with Gasteiger partial charge in [-0.25, -0.2) is 0 Å². The van der Waals surface area contributed by atoms with Gasteiger partial charge in [0.15, 0.2) is 0 Å². The standard InChI is InChI=1S/2C12H8N2.2C3H4O4.2Cu.4H2O/c2*1-3-9-5-6-10-4-2-8-14-12(10)11(9)13-7-1;2*4-2(5)1-3(6)7;;;;;;/h2*1-8H;2*1H2,(H,4,5)(H,6,7);;;4*1H2/q;;;;2*+2;;;;/p-2. The third-order valence-corrected chi connectivity index (χ3v) is 5.27. The molecular weight excluding hydrogens is 735 g/mol. The minimum absolute atomic E-state index is 0. The van der Waals surface area contributed by atoms with Crippen LogP contribution in [-0.4, -0.2) is 54.8 Å². The molecule has 16 nitrogen and oxygen atoms in total. The van der Waals surface area contributed by atoms with Crippen molar-refractivity contribution in [3.63, 3.8) is 0 Å². The van der Waals surface area contributed by atoms with Crippen LogP contribution >= 0.6 is 0 Å². The zero-order valence-electron chi connectivity index (χ0n) is 24.5. The van der Waals surface area contributed by atoms with E-state index in [0.717, 1.165) is 43.6 Å². The molecule has 0 amide bonds. The molecule has 2 radical (unpaired) electrons. The molecule has 0 aliphatic rings. The minimum Gasteiger partial charge on any atom is -0.550 e. The molecular formula is C30H30Cu2N4O12+2. The van der Waals surface area contributed by atoms with E-state index in [1.54, 1.807) is 24.8 Å². The summed E-state index contributed by atoms with van der Waals surface area (Å²) in [7, 11) is 0. The molecule has 4 heterocycles. The number of aliphatic carboxylic acids is 4. The molecule has 0 saturated carbocycles. The molecule has 18 heteroatoms. The fraction of sp³-hybridized carbons (Fsp3) is 0.0667. The van der Waals surface area contributed by atoms with Crippen LogP contribution < -0.4 is 20.4 Å². The molecule has 0 spiro atoms. The van der Waals surface area contributed by atoms with Gasteiger partial charge in [-0.05, 0) is 24.3 Å². The van der Waals surface area contributed by atoms with Crippen LogP contribution in [-0.2, 0) is 64.3 Å². The maximum atomic E-state index is 9.28. The number of fused-ring (bicyclic) bond motifs is 6. The van der Waals surface area contributed by atoms with Crippen LogP contribution in [0.1, 0.15) is 12.8 Å². The summed E-state index contributed by atoms with van der Waals surface area (Å²) in [4.78, 5) is 54.5. The Morgan fingerprint density at radius 3 is 0.750 bits per heavy atom. The van der Waals surface area contributed by atoms with E-state index in [1.807, 2.05) is 24.3 Å². The van der Waals surface area contributed by atoms with E-state index in [9.17, 15) is 39.6 Å². The van der Waals surface area contributed by atoms with E-state index in [4.69, 9.17) is 0 Å². The normalized spacial score (nSPS) is 8.67. The van der Waals surface area contributed by atoms with Crippen LogP contribution in [0.15, 0.2) is 97.6 Å². The predicted octanol–water partition coefficient (Wildman–Crippen LogP) is -4.18. The van der Waals surface area contributed by atoms with Gasteiger partial charge in [0.05, 0.1) is 22.1 Å². The second kappa shape index (κ2) is 25.0. The Kier molecular flexibility index (Phi) is 25.9. The molecule has 0 aliphatic carbocycles. The van der Waals surface area contributed by atoms with Crippen molar-refractivity contribution in [2.75, 3.05) is 0 Å². The smallest absolute Gasteiger partial charge is 0.550 e. The summed E-state index contributed by atoms with van der Waals surface area (Å²) in [5.41, 5.74) is 3.91. The molecule has 10 N–H and O–H groups in total. The van der Waals surface area contributed by atoms with Crippen molar-refractivity contribution in [2.24, 2.45) is 0 Å².